The van der Waals surface area contributed by atoms with E-state index in [1.165, 1.54) is 20.3 Å². The molecule has 47 heavy (non-hydrogen) atoms. The summed E-state index contributed by atoms with van der Waals surface area (Å²) in [6.45, 7) is 10.0. The number of rotatable bonds is 9. The molecule has 1 aliphatic carbocycles. The number of ether oxygens (including phenoxy) is 2. The summed E-state index contributed by atoms with van der Waals surface area (Å²) in [5.74, 6) is 0.769. The molecule has 2 heterocycles. The topological polar surface area (TPSA) is 136 Å². The van der Waals surface area contributed by atoms with E-state index in [1.54, 1.807) is 18.2 Å². The van der Waals surface area contributed by atoms with Crippen LogP contribution in [0.25, 0.3) is 22.0 Å². The van der Waals surface area contributed by atoms with E-state index in [2.05, 4.69) is 26.9 Å². The Morgan fingerprint density at radius 2 is 1.74 bits per heavy atom. The highest BCUT2D eigenvalue weighted by molar-refractivity contribution is 7.92. The van der Waals surface area contributed by atoms with Crippen LogP contribution in [-0.2, 0) is 21.2 Å². The van der Waals surface area contributed by atoms with Crippen LogP contribution in [0.3, 0.4) is 0 Å². The number of carbonyl (C=O) groups is 1. The Kier molecular flexibility index (Phi) is 9.90. The molecule has 4 aromatic rings. The maximum atomic E-state index is 13.2. The van der Waals surface area contributed by atoms with Crippen LogP contribution >= 0.6 is 0 Å². The fraction of sp³-hybridized carbons (Fsp3) is 0.429. The summed E-state index contributed by atoms with van der Waals surface area (Å²) < 4.78 is 39.6. The number of pyridine rings is 1. The normalized spacial score (nSPS) is 16.8. The summed E-state index contributed by atoms with van der Waals surface area (Å²) in [4.78, 5) is 28.3. The Morgan fingerprint density at radius 3 is 2.38 bits per heavy atom. The standard InChI is InChI=1S/C35H44N6O5S/c1-8-23-19-24(28-17-18-30(38-32(28)45-6)47(43,44)40-29-12-10-9-11-22(29)2)20-25-21-36-33(39-31(23)25)37-26-13-15-27(16-14-26)41(34(42)46-7)35(3,4)5/h9-12,17-21,26-27,40H,8,13-16H2,1-7H3,(H,36,37,39). The van der Waals surface area contributed by atoms with Gasteiger partial charge in [-0.15, -0.1) is 0 Å². The zero-order chi connectivity index (χ0) is 33.9. The number of methoxy groups -OCH3 is 2. The number of aryl methyl sites for hydroxylation is 2. The molecular formula is C35H44N6O5S. The molecule has 0 unspecified atom stereocenters. The van der Waals surface area contributed by atoms with Gasteiger partial charge in [-0.05, 0) is 107 Å². The van der Waals surface area contributed by atoms with Crippen molar-refractivity contribution in [3.8, 4) is 17.0 Å². The first kappa shape index (κ1) is 33.9. The first-order valence-electron chi connectivity index (χ1n) is 15.9. The molecule has 0 spiro atoms. The van der Waals surface area contributed by atoms with E-state index in [-0.39, 0.29) is 34.6 Å². The number of nitrogens with one attached hydrogen (secondary N) is 2. The maximum absolute atomic E-state index is 13.2. The van der Waals surface area contributed by atoms with Gasteiger partial charge in [0.05, 0.1) is 25.4 Å². The molecule has 2 N–H and O–H groups in total. The third-order valence-electron chi connectivity index (χ3n) is 8.64. The summed E-state index contributed by atoms with van der Waals surface area (Å²) in [5, 5.41) is 4.24. The van der Waals surface area contributed by atoms with Gasteiger partial charge in [0.15, 0.2) is 5.03 Å². The first-order valence-corrected chi connectivity index (χ1v) is 17.4. The van der Waals surface area contributed by atoms with Crippen LogP contribution in [0.4, 0.5) is 16.4 Å². The van der Waals surface area contributed by atoms with E-state index in [4.69, 9.17) is 14.5 Å². The van der Waals surface area contributed by atoms with E-state index in [9.17, 15) is 13.2 Å². The van der Waals surface area contributed by atoms with Crippen molar-refractivity contribution in [1.29, 1.82) is 0 Å². The Labute approximate surface area is 277 Å². The summed E-state index contributed by atoms with van der Waals surface area (Å²) in [6.07, 6.45) is 5.73. The fourth-order valence-corrected chi connectivity index (χ4v) is 7.35. The quantitative estimate of drug-likeness (QED) is 0.195. The molecular weight excluding hydrogens is 616 g/mol. The molecule has 12 heteroatoms. The van der Waals surface area contributed by atoms with E-state index in [0.29, 0.717) is 17.2 Å². The minimum atomic E-state index is -3.94. The first-order chi connectivity index (χ1) is 22.3. The molecule has 1 fully saturated rings. The zero-order valence-corrected chi connectivity index (χ0v) is 28.9. The smallest absolute Gasteiger partial charge is 0.410 e. The van der Waals surface area contributed by atoms with Crippen LogP contribution in [-0.4, -0.2) is 66.2 Å². The SMILES string of the molecule is CCc1cc(-c2ccc(S(=O)(=O)Nc3ccccc3C)nc2OC)cc2cnc(NC3CCC(N(C(=O)OC)C(C)(C)C)CC3)nc12. The predicted octanol–water partition coefficient (Wildman–Crippen LogP) is 6.96. The van der Waals surface area contributed by atoms with E-state index >= 15 is 0 Å². The molecule has 11 nitrogen and oxygen atoms in total. The van der Waals surface area contributed by atoms with Crippen LogP contribution in [0.2, 0.25) is 0 Å². The average molecular weight is 661 g/mol. The van der Waals surface area contributed by atoms with Crippen molar-refractivity contribution in [2.45, 2.75) is 89.4 Å². The van der Waals surface area contributed by atoms with Gasteiger partial charge in [-0.25, -0.2) is 14.8 Å². The van der Waals surface area contributed by atoms with Crippen LogP contribution in [0.1, 0.15) is 64.5 Å². The Morgan fingerprint density at radius 1 is 1.02 bits per heavy atom. The van der Waals surface area contributed by atoms with Gasteiger partial charge >= 0.3 is 6.09 Å². The highest BCUT2D eigenvalue weighted by Crippen LogP contribution is 2.35. The fourth-order valence-electron chi connectivity index (χ4n) is 6.28. The number of hydrogen-bond acceptors (Lipinski definition) is 9. The van der Waals surface area contributed by atoms with Gasteiger partial charge in [-0.1, -0.05) is 25.1 Å². The number of amides is 1. The monoisotopic (exact) mass is 660 g/mol. The van der Waals surface area contributed by atoms with Crippen molar-refractivity contribution in [3.63, 3.8) is 0 Å². The van der Waals surface area contributed by atoms with Gasteiger partial charge in [0, 0.05) is 34.8 Å². The number of fused-ring (bicyclic) bond motifs is 1. The minimum absolute atomic E-state index is 0.119. The zero-order valence-electron chi connectivity index (χ0n) is 28.1. The molecule has 250 valence electrons. The van der Waals surface area contributed by atoms with E-state index in [0.717, 1.165) is 59.7 Å². The Hall–Kier alpha value is -4.45. The number of aromatic nitrogens is 3. The van der Waals surface area contributed by atoms with Gasteiger partial charge in [0.1, 0.15) is 0 Å². The number of hydrogen-bond donors (Lipinski definition) is 2. The maximum Gasteiger partial charge on any atom is 0.410 e. The molecule has 0 atom stereocenters. The summed E-state index contributed by atoms with van der Waals surface area (Å²) in [5.41, 5.74) is 4.32. The number of benzene rings is 2. The summed E-state index contributed by atoms with van der Waals surface area (Å²) in [6, 6.07) is 14.7. The molecule has 1 aliphatic rings. The van der Waals surface area contributed by atoms with Crippen molar-refractivity contribution < 1.29 is 22.7 Å². The lowest BCUT2D eigenvalue weighted by atomic mass is 9.88. The number of anilines is 2. The second-order valence-electron chi connectivity index (χ2n) is 12.9. The van der Waals surface area contributed by atoms with Crippen molar-refractivity contribution in [1.82, 2.24) is 19.9 Å². The van der Waals surface area contributed by atoms with Crippen LogP contribution in [0.5, 0.6) is 5.88 Å². The summed E-state index contributed by atoms with van der Waals surface area (Å²) in [7, 11) is -1.04. The molecule has 0 aliphatic heterocycles. The average Bonchev–Trinajstić information content (AvgIpc) is 3.05. The Bertz CT molecular complexity index is 1870. The lowest BCUT2D eigenvalue weighted by Gasteiger charge is -2.43. The highest BCUT2D eigenvalue weighted by atomic mass is 32.2. The van der Waals surface area contributed by atoms with Gasteiger partial charge in [0.2, 0.25) is 11.8 Å². The van der Waals surface area contributed by atoms with Gasteiger partial charge < -0.3 is 19.7 Å². The lowest BCUT2D eigenvalue weighted by Crippen LogP contribution is -2.53. The largest absolute Gasteiger partial charge is 0.481 e. The van der Waals surface area contributed by atoms with Crippen LogP contribution in [0.15, 0.2) is 59.8 Å². The van der Waals surface area contributed by atoms with Gasteiger partial charge in [-0.2, -0.15) is 13.4 Å². The van der Waals surface area contributed by atoms with E-state index in [1.807, 2.05) is 63.1 Å². The van der Waals surface area contributed by atoms with Gasteiger partial charge in [0.25, 0.3) is 10.0 Å². The minimum Gasteiger partial charge on any atom is -0.481 e. The number of nitrogens with zero attached hydrogens (tertiary/aromatic N) is 4. The third kappa shape index (κ3) is 7.43. The van der Waals surface area contributed by atoms with Crippen molar-refractivity contribution in [2.24, 2.45) is 0 Å². The van der Waals surface area contributed by atoms with Crippen molar-refractivity contribution in [2.75, 3.05) is 24.3 Å². The number of sulfonamides is 1. The second-order valence-corrected chi connectivity index (χ2v) is 14.5. The second kappa shape index (κ2) is 13.7. The van der Waals surface area contributed by atoms with Gasteiger partial charge in [-0.3, -0.25) is 4.72 Å². The molecule has 2 aromatic heterocycles. The lowest BCUT2D eigenvalue weighted by molar-refractivity contribution is 0.0440. The van der Waals surface area contributed by atoms with Crippen LogP contribution in [0, 0.1) is 6.92 Å². The number of carbonyl (C=O) groups excluding carboxylic acids is 1. The van der Waals surface area contributed by atoms with E-state index < -0.39 is 10.0 Å². The molecule has 0 bridgehead atoms. The third-order valence-corrected chi connectivity index (χ3v) is 9.90. The molecule has 2 aromatic carbocycles. The highest BCUT2D eigenvalue weighted by Gasteiger charge is 2.36. The van der Waals surface area contributed by atoms with Crippen molar-refractivity contribution >= 4 is 38.7 Å². The van der Waals surface area contributed by atoms with Crippen molar-refractivity contribution in [3.05, 3.63) is 65.9 Å². The predicted molar refractivity (Wildman–Crippen MR) is 184 cm³/mol. The number of para-hydroxylation sites is 1. The molecule has 0 saturated heterocycles. The molecule has 0 radical (unpaired) electrons. The molecule has 1 saturated carbocycles. The Balaban J connectivity index is 1.35. The summed E-state index contributed by atoms with van der Waals surface area (Å²) >= 11 is 0. The molecule has 1 amide bonds. The molecule has 5 rings (SSSR count). The van der Waals surface area contributed by atoms with Crippen LogP contribution < -0.4 is 14.8 Å².